The van der Waals surface area contributed by atoms with Gasteiger partial charge in [-0.25, -0.2) is 4.39 Å². The fourth-order valence-electron chi connectivity index (χ4n) is 2.29. The minimum absolute atomic E-state index is 0.120. The van der Waals surface area contributed by atoms with E-state index in [1.54, 1.807) is 31.2 Å². The van der Waals surface area contributed by atoms with Crippen LogP contribution in [0, 0.1) is 12.7 Å². The molecule has 2 aromatic heterocycles. The zero-order valence-electron chi connectivity index (χ0n) is 13.7. The van der Waals surface area contributed by atoms with Crippen molar-refractivity contribution in [1.29, 1.82) is 0 Å². The number of rotatable bonds is 5. The molecule has 0 radical (unpaired) electrons. The second-order valence-corrected chi connectivity index (χ2v) is 5.47. The molecule has 130 valence electrons. The first kappa shape index (κ1) is 15.9. The molecule has 2 heterocycles. The highest BCUT2D eigenvalue weighted by molar-refractivity contribution is 5.55. The SMILES string of the molecule is Cc1nc(-c2ccc(OCc3nc(-c4ccc(F)cc4)no3)cc2)no1. The summed E-state index contributed by atoms with van der Waals surface area (Å²) in [5.74, 6) is 2.05. The molecule has 0 saturated carbocycles. The second-order valence-electron chi connectivity index (χ2n) is 5.47. The van der Waals surface area contributed by atoms with Crippen LogP contribution in [-0.2, 0) is 6.61 Å². The first-order valence-corrected chi connectivity index (χ1v) is 7.79. The number of benzene rings is 2. The van der Waals surface area contributed by atoms with Crippen LogP contribution >= 0.6 is 0 Å². The molecule has 0 aliphatic rings. The first-order chi connectivity index (χ1) is 12.7. The first-order valence-electron chi connectivity index (χ1n) is 7.79. The minimum Gasteiger partial charge on any atom is -0.484 e. The van der Waals surface area contributed by atoms with Gasteiger partial charge in [0.1, 0.15) is 11.6 Å². The topological polar surface area (TPSA) is 87.1 Å². The number of ether oxygens (including phenoxy) is 1. The summed E-state index contributed by atoms with van der Waals surface area (Å²) in [7, 11) is 0. The lowest BCUT2D eigenvalue weighted by atomic mass is 10.2. The van der Waals surface area contributed by atoms with Gasteiger partial charge in [-0.2, -0.15) is 9.97 Å². The van der Waals surface area contributed by atoms with Crippen LogP contribution in [0.4, 0.5) is 4.39 Å². The maximum atomic E-state index is 13.0. The maximum Gasteiger partial charge on any atom is 0.264 e. The minimum atomic E-state index is -0.319. The lowest BCUT2D eigenvalue weighted by molar-refractivity contribution is 0.243. The van der Waals surface area contributed by atoms with Crippen molar-refractivity contribution in [3.05, 3.63) is 66.1 Å². The van der Waals surface area contributed by atoms with Crippen molar-refractivity contribution in [3.63, 3.8) is 0 Å². The Balaban J connectivity index is 1.40. The summed E-state index contributed by atoms with van der Waals surface area (Å²) in [5.41, 5.74) is 1.49. The van der Waals surface area contributed by atoms with Crippen LogP contribution in [0.3, 0.4) is 0 Å². The highest BCUT2D eigenvalue weighted by Gasteiger charge is 2.10. The lowest BCUT2D eigenvalue weighted by Gasteiger charge is -2.03. The Labute approximate surface area is 147 Å². The fourth-order valence-corrected chi connectivity index (χ4v) is 2.29. The van der Waals surface area contributed by atoms with Crippen LogP contribution in [0.5, 0.6) is 5.75 Å². The largest absolute Gasteiger partial charge is 0.484 e. The zero-order chi connectivity index (χ0) is 17.9. The smallest absolute Gasteiger partial charge is 0.264 e. The van der Waals surface area contributed by atoms with Crippen molar-refractivity contribution in [2.75, 3.05) is 0 Å². The van der Waals surface area contributed by atoms with Gasteiger partial charge in [-0.1, -0.05) is 10.3 Å². The summed E-state index contributed by atoms with van der Waals surface area (Å²) >= 11 is 0. The van der Waals surface area contributed by atoms with Gasteiger partial charge in [0, 0.05) is 18.1 Å². The molecule has 0 unspecified atom stereocenters. The van der Waals surface area contributed by atoms with Crippen molar-refractivity contribution < 1.29 is 18.2 Å². The number of nitrogens with zero attached hydrogens (tertiary/aromatic N) is 4. The summed E-state index contributed by atoms with van der Waals surface area (Å²) in [6.45, 7) is 1.85. The average Bonchev–Trinajstić information content (AvgIpc) is 3.30. The van der Waals surface area contributed by atoms with Crippen molar-refractivity contribution in [2.24, 2.45) is 0 Å². The molecule has 0 fully saturated rings. The summed E-state index contributed by atoms with van der Waals surface area (Å²) in [5, 5.41) is 7.73. The van der Waals surface area contributed by atoms with E-state index >= 15 is 0 Å². The van der Waals surface area contributed by atoms with E-state index in [9.17, 15) is 4.39 Å². The van der Waals surface area contributed by atoms with E-state index in [0.29, 0.717) is 34.7 Å². The Morgan fingerprint density at radius 1 is 0.846 bits per heavy atom. The van der Waals surface area contributed by atoms with E-state index < -0.39 is 0 Å². The molecule has 26 heavy (non-hydrogen) atoms. The van der Waals surface area contributed by atoms with Crippen molar-refractivity contribution in [3.8, 4) is 28.5 Å². The maximum absolute atomic E-state index is 13.0. The molecular formula is C18H13FN4O3. The van der Waals surface area contributed by atoms with Gasteiger partial charge < -0.3 is 13.8 Å². The van der Waals surface area contributed by atoms with E-state index in [0.717, 1.165) is 5.56 Å². The van der Waals surface area contributed by atoms with Crippen LogP contribution < -0.4 is 4.74 Å². The summed E-state index contributed by atoms with van der Waals surface area (Å²) < 4.78 is 28.7. The van der Waals surface area contributed by atoms with Crippen LogP contribution in [0.15, 0.2) is 57.6 Å². The normalized spacial score (nSPS) is 10.8. The molecule has 0 saturated heterocycles. The highest BCUT2D eigenvalue weighted by Crippen LogP contribution is 2.21. The third kappa shape index (κ3) is 3.44. The summed E-state index contributed by atoms with van der Waals surface area (Å²) in [6, 6.07) is 13.1. The van der Waals surface area contributed by atoms with Gasteiger partial charge in [-0.3, -0.25) is 0 Å². The highest BCUT2D eigenvalue weighted by atomic mass is 19.1. The van der Waals surface area contributed by atoms with Crippen molar-refractivity contribution in [1.82, 2.24) is 20.3 Å². The molecule has 8 heteroatoms. The van der Waals surface area contributed by atoms with E-state index in [2.05, 4.69) is 20.3 Å². The number of aryl methyl sites for hydroxylation is 1. The van der Waals surface area contributed by atoms with Crippen LogP contribution in [0.1, 0.15) is 11.8 Å². The van der Waals surface area contributed by atoms with Crippen LogP contribution in [0.25, 0.3) is 22.8 Å². The molecule has 7 nitrogen and oxygen atoms in total. The number of hydrogen-bond donors (Lipinski definition) is 0. The molecule has 0 amide bonds. The van der Waals surface area contributed by atoms with Crippen LogP contribution in [0.2, 0.25) is 0 Å². The average molecular weight is 352 g/mol. The zero-order valence-corrected chi connectivity index (χ0v) is 13.7. The van der Waals surface area contributed by atoms with Gasteiger partial charge in [0.05, 0.1) is 0 Å². The monoisotopic (exact) mass is 352 g/mol. The second kappa shape index (κ2) is 6.75. The molecule has 0 N–H and O–H groups in total. The van der Waals surface area contributed by atoms with E-state index in [4.69, 9.17) is 13.8 Å². The quantitative estimate of drug-likeness (QED) is 0.539. The van der Waals surface area contributed by atoms with E-state index in [-0.39, 0.29) is 12.4 Å². The molecule has 0 aliphatic carbocycles. The molecule has 4 rings (SSSR count). The Hall–Kier alpha value is -3.55. The van der Waals surface area contributed by atoms with Crippen molar-refractivity contribution in [2.45, 2.75) is 13.5 Å². The van der Waals surface area contributed by atoms with Crippen LogP contribution in [-0.4, -0.2) is 20.3 Å². The number of halogens is 1. The van der Waals surface area contributed by atoms with Crippen molar-refractivity contribution >= 4 is 0 Å². The van der Waals surface area contributed by atoms with E-state index in [1.807, 2.05) is 12.1 Å². The van der Waals surface area contributed by atoms with Gasteiger partial charge >= 0.3 is 0 Å². The summed E-state index contributed by atoms with van der Waals surface area (Å²) in [4.78, 5) is 8.40. The predicted molar refractivity (Wildman–Crippen MR) is 88.5 cm³/mol. The Morgan fingerprint density at radius 2 is 1.46 bits per heavy atom. The lowest BCUT2D eigenvalue weighted by Crippen LogP contribution is -1.95. The molecule has 4 aromatic rings. The Morgan fingerprint density at radius 3 is 2.12 bits per heavy atom. The third-order valence-corrected chi connectivity index (χ3v) is 3.57. The predicted octanol–water partition coefficient (Wildman–Crippen LogP) is 3.81. The summed E-state index contributed by atoms with van der Waals surface area (Å²) in [6.07, 6.45) is 0. The van der Waals surface area contributed by atoms with Gasteiger partial charge in [0.2, 0.25) is 17.5 Å². The molecule has 2 aromatic carbocycles. The molecule has 0 spiro atoms. The fraction of sp³-hybridized carbons (Fsp3) is 0.111. The molecule has 0 aliphatic heterocycles. The van der Waals surface area contributed by atoms with Gasteiger partial charge in [-0.15, -0.1) is 0 Å². The third-order valence-electron chi connectivity index (χ3n) is 3.57. The number of aromatic nitrogens is 4. The molecular weight excluding hydrogens is 339 g/mol. The Bertz CT molecular complexity index is 1010. The number of hydrogen-bond acceptors (Lipinski definition) is 7. The van der Waals surface area contributed by atoms with Gasteiger partial charge in [0.25, 0.3) is 5.89 Å². The Kier molecular flexibility index (Phi) is 4.14. The molecule has 0 atom stereocenters. The standard InChI is InChI=1S/C18H13FN4O3/c1-11-20-17(22-25-11)13-4-8-15(9-5-13)24-10-16-21-18(23-26-16)12-2-6-14(19)7-3-12/h2-9H,10H2,1H3. The van der Waals surface area contributed by atoms with E-state index in [1.165, 1.54) is 12.1 Å². The molecule has 0 bridgehead atoms. The van der Waals surface area contributed by atoms with Gasteiger partial charge in [0.15, 0.2) is 6.61 Å². The van der Waals surface area contributed by atoms with Gasteiger partial charge in [-0.05, 0) is 48.5 Å².